The lowest BCUT2D eigenvalue weighted by atomic mass is 10.0. The van der Waals surface area contributed by atoms with E-state index in [4.69, 9.17) is 19.5 Å². The van der Waals surface area contributed by atoms with Crippen molar-refractivity contribution in [2.24, 2.45) is 4.99 Å². The summed E-state index contributed by atoms with van der Waals surface area (Å²) in [7, 11) is 3.28. The predicted molar refractivity (Wildman–Crippen MR) is 163 cm³/mol. The Morgan fingerprint density at radius 3 is 2.10 bits per heavy atom. The second-order valence-corrected chi connectivity index (χ2v) is 12.3. The van der Waals surface area contributed by atoms with E-state index in [1.165, 1.54) is 0 Å². The molecule has 2 saturated heterocycles. The standard InChI is InChI=1S/C31H32N4O3S2/c1-20(34-18-21-6-4-16-37-21)23-10-12-27(29-24(23)8-2-14-32-29)39-40-28-13-11-26(25-9-3-15-33-30(25)28)31(36)35-19-22-7-5-17-38-22/h2-3,8-15,21-22H,4-7,16-19H2,1H3,(H,35,36). The molecule has 1 N–H and O–H groups in total. The molecule has 0 saturated carbocycles. The van der Waals surface area contributed by atoms with Gasteiger partial charge >= 0.3 is 0 Å². The van der Waals surface area contributed by atoms with Crippen molar-refractivity contribution in [3.63, 3.8) is 0 Å². The molecule has 0 bridgehead atoms. The third kappa shape index (κ3) is 6.02. The number of hydrogen-bond acceptors (Lipinski definition) is 8. The molecule has 2 aliphatic heterocycles. The molecule has 2 aromatic carbocycles. The average Bonchev–Trinajstić information content (AvgIpc) is 3.72. The minimum absolute atomic E-state index is 0.0972. The van der Waals surface area contributed by atoms with Crippen LogP contribution < -0.4 is 5.32 Å². The van der Waals surface area contributed by atoms with E-state index >= 15 is 0 Å². The van der Waals surface area contributed by atoms with E-state index in [1.54, 1.807) is 27.8 Å². The lowest BCUT2D eigenvalue weighted by Gasteiger charge is -2.14. The summed E-state index contributed by atoms with van der Waals surface area (Å²) in [6.07, 6.45) is 8.17. The summed E-state index contributed by atoms with van der Waals surface area (Å²) in [5.41, 5.74) is 4.49. The van der Waals surface area contributed by atoms with Gasteiger partial charge in [0.1, 0.15) is 0 Å². The number of amides is 1. The third-order valence-electron chi connectivity index (χ3n) is 7.39. The third-order valence-corrected chi connectivity index (χ3v) is 9.82. The highest BCUT2D eigenvalue weighted by atomic mass is 33.1. The zero-order valence-corrected chi connectivity index (χ0v) is 24.1. The van der Waals surface area contributed by atoms with Crippen LogP contribution in [0, 0.1) is 0 Å². The largest absolute Gasteiger partial charge is 0.376 e. The Morgan fingerprint density at radius 1 is 0.875 bits per heavy atom. The van der Waals surface area contributed by atoms with Gasteiger partial charge in [-0.1, -0.05) is 39.8 Å². The van der Waals surface area contributed by atoms with Crippen LogP contribution in [-0.4, -0.2) is 60.1 Å². The summed E-state index contributed by atoms with van der Waals surface area (Å²) >= 11 is 0. The molecule has 6 rings (SSSR count). The maximum absolute atomic E-state index is 13.0. The highest BCUT2D eigenvalue weighted by molar-refractivity contribution is 8.76. The first-order valence-corrected chi connectivity index (χ1v) is 15.9. The first-order chi connectivity index (χ1) is 19.7. The summed E-state index contributed by atoms with van der Waals surface area (Å²) in [5, 5.41) is 4.97. The molecule has 2 aliphatic rings. The van der Waals surface area contributed by atoms with Crippen LogP contribution in [0.1, 0.15) is 48.5 Å². The van der Waals surface area contributed by atoms with Crippen molar-refractivity contribution < 1.29 is 14.3 Å². The molecule has 9 heteroatoms. The number of carbonyl (C=O) groups excluding carboxylic acids is 1. The number of pyridine rings is 2. The van der Waals surface area contributed by atoms with Crippen molar-refractivity contribution in [2.75, 3.05) is 26.3 Å². The minimum atomic E-state index is -0.0972. The average molecular weight is 573 g/mol. The SMILES string of the molecule is CC(=NCC1CCCO1)c1ccc(SSc2ccc(C(=O)NCC3CCCO3)c3cccnc23)c2ncccc12. The normalized spacial score (nSPS) is 19.5. The van der Waals surface area contributed by atoms with Gasteiger partial charge in [0.25, 0.3) is 5.91 Å². The number of nitrogens with one attached hydrogen (secondary N) is 1. The van der Waals surface area contributed by atoms with E-state index in [1.807, 2.05) is 36.5 Å². The van der Waals surface area contributed by atoms with Crippen LogP contribution in [0.4, 0.5) is 0 Å². The molecule has 2 atom stereocenters. The number of carbonyl (C=O) groups is 1. The molecule has 0 spiro atoms. The Balaban J connectivity index is 1.21. The number of ether oxygens (including phenoxy) is 2. The Morgan fingerprint density at radius 2 is 1.48 bits per heavy atom. The quantitative estimate of drug-likeness (QED) is 0.181. The number of rotatable bonds is 9. The maximum atomic E-state index is 13.0. The van der Waals surface area contributed by atoms with Crippen molar-refractivity contribution in [2.45, 2.75) is 54.6 Å². The number of nitrogens with zero attached hydrogens (tertiary/aromatic N) is 3. The second kappa shape index (κ2) is 12.7. The van der Waals surface area contributed by atoms with Crippen LogP contribution in [0.25, 0.3) is 21.8 Å². The Kier molecular flexibility index (Phi) is 8.62. The zero-order valence-electron chi connectivity index (χ0n) is 22.5. The molecule has 206 valence electrons. The number of aromatic nitrogens is 2. The number of aliphatic imine (C=N–C) groups is 1. The van der Waals surface area contributed by atoms with Crippen molar-refractivity contribution in [3.8, 4) is 0 Å². The molecule has 1 amide bonds. The fourth-order valence-electron chi connectivity index (χ4n) is 5.25. The highest BCUT2D eigenvalue weighted by Gasteiger charge is 2.19. The van der Waals surface area contributed by atoms with Gasteiger partial charge in [0, 0.05) is 69.6 Å². The van der Waals surface area contributed by atoms with Crippen molar-refractivity contribution in [3.05, 3.63) is 72.1 Å². The van der Waals surface area contributed by atoms with Crippen molar-refractivity contribution in [1.29, 1.82) is 0 Å². The van der Waals surface area contributed by atoms with Gasteiger partial charge in [0.2, 0.25) is 0 Å². The van der Waals surface area contributed by atoms with E-state index in [0.717, 1.165) is 81.8 Å². The van der Waals surface area contributed by atoms with E-state index in [0.29, 0.717) is 18.7 Å². The Bertz CT molecular complexity index is 1550. The van der Waals surface area contributed by atoms with Gasteiger partial charge in [-0.2, -0.15) is 0 Å². The predicted octanol–water partition coefficient (Wildman–Crippen LogP) is 6.48. The van der Waals surface area contributed by atoms with Gasteiger partial charge < -0.3 is 14.8 Å². The molecule has 0 aliphatic carbocycles. The lowest BCUT2D eigenvalue weighted by molar-refractivity contribution is 0.0859. The molecular weight excluding hydrogens is 541 g/mol. The van der Waals surface area contributed by atoms with Gasteiger partial charge in [-0.05, 0) is 62.9 Å². The topological polar surface area (TPSA) is 85.7 Å². The van der Waals surface area contributed by atoms with Gasteiger partial charge in [0.15, 0.2) is 0 Å². The van der Waals surface area contributed by atoms with Gasteiger partial charge in [-0.25, -0.2) is 0 Å². The van der Waals surface area contributed by atoms with Gasteiger partial charge in [-0.3, -0.25) is 19.8 Å². The fourth-order valence-corrected chi connectivity index (χ4v) is 7.51. The molecule has 2 unspecified atom stereocenters. The number of fused-ring (bicyclic) bond motifs is 2. The van der Waals surface area contributed by atoms with Gasteiger partial charge in [-0.15, -0.1) is 0 Å². The fraction of sp³-hybridized carbons (Fsp3) is 0.355. The highest BCUT2D eigenvalue weighted by Crippen LogP contribution is 2.43. The van der Waals surface area contributed by atoms with E-state index in [9.17, 15) is 4.79 Å². The van der Waals surface area contributed by atoms with Crippen LogP contribution in [-0.2, 0) is 9.47 Å². The number of hydrogen-bond donors (Lipinski definition) is 1. The monoisotopic (exact) mass is 572 g/mol. The Labute approximate surface area is 242 Å². The van der Waals surface area contributed by atoms with Crippen molar-refractivity contribution in [1.82, 2.24) is 15.3 Å². The van der Waals surface area contributed by atoms with E-state index < -0.39 is 0 Å². The van der Waals surface area contributed by atoms with Crippen LogP contribution >= 0.6 is 21.6 Å². The Hall–Kier alpha value is -2.98. The molecule has 2 aromatic heterocycles. The summed E-state index contributed by atoms with van der Waals surface area (Å²) < 4.78 is 11.4. The molecule has 4 heterocycles. The van der Waals surface area contributed by atoms with Crippen LogP contribution in [0.15, 0.2) is 75.7 Å². The van der Waals surface area contributed by atoms with Crippen LogP contribution in [0.2, 0.25) is 0 Å². The minimum Gasteiger partial charge on any atom is -0.376 e. The summed E-state index contributed by atoms with van der Waals surface area (Å²) in [4.78, 5) is 29.3. The molecule has 2 fully saturated rings. The zero-order chi connectivity index (χ0) is 27.3. The van der Waals surface area contributed by atoms with Crippen molar-refractivity contribution >= 4 is 55.0 Å². The van der Waals surface area contributed by atoms with Crippen LogP contribution in [0.3, 0.4) is 0 Å². The van der Waals surface area contributed by atoms with Gasteiger partial charge in [0.05, 0.1) is 29.8 Å². The van der Waals surface area contributed by atoms with Crippen LogP contribution in [0.5, 0.6) is 0 Å². The molecule has 40 heavy (non-hydrogen) atoms. The summed E-state index contributed by atoms with van der Waals surface area (Å²) in [6.45, 7) is 4.90. The first-order valence-electron chi connectivity index (χ1n) is 13.8. The molecule has 7 nitrogen and oxygen atoms in total. The smallest absolute Gasteiger partial charge is 0.252 e. The molecular formula is C31H32N4O3S2. The summed E-state index contributed by atoms with van der Waals surface area (Å²) in [5.74, 6) is -0.0972. The second-order valence-electron chi connectivity index (χ2n) is 10.1. The van der Waals surface area contributed by atoms with E-state index in [-0.39, 0.29) is 18.1 Å². The number of benzene rings is 2. The lowest BCUT2D eigenvalue weighted by Crippen LogP contribution is -2.31. The summed E-state index contributed by atoms with van der Waals surface area (Å²) in [6, 6.07) is 16.1. The molecule has 0 radical (unpaired) electrons. The van der Waals surface area contributed by atoms with E-state index in [2.05, 4.69) is 35.4 Å². The first kappa shape index (κ1) is 27.2. The maximum Gasteiger partial charge on any atom is 0.252 e. The molecule has 4 aromatic rings.